The third-order valence-electron chi connectivity index (χ3n) is 5.95. The normalized spacial score (nSPS) is 11.8. The van der Waals surface area contributed by atoms with Crippen LogP contribution in [0.15, 0.2) is 76.4 Å². The molecule has 0 spiro atoms. The van der Waals surface area contributed by atoms with E-state index in [4.69, 9.17) is 4.74 Å². The minimum Gasteiger partial charge on any atom is -0.494 e. The number of aromatic amines is 1. The number of aromatic nitrogens is 1. The summed E-state index contributed by atoms with van der Waals surface area (Å²) in [6, 6.07) is 20.4. The van der Waals surface area contributed by atoms with Crippen LogP contribution in [0.2, 0.25) is 0 Å². The van der Waals surface area contributed by atoms with Crippen molar-refractivity contribution in [3.05, 3.63) is 105 Å². The van der Waals surface area contributed by atoms with Crippen molar-refractivity contribution in [3.63, 3.8) is 0 Å². The van der Waals surface area contributed by atoms with Gasteiger partial charge >= 0.3 is 0 Å². The zero-order valence-electron chi connectivity index (χ0n) is 20.5. The topological polar surface area (TPSA) is 79.5 Å². The van der Waals surface area contributed by atoms with Crippen LogP contribution in [0.1, 0.15) is 34.7 Å². The van der Waals surface area contributed by atoms with Gasteiger partial charge in [0.15, 0.2) is 0 Å². The predicted octanol–water partition coefficient (Wildman–Crippen LogP) is 5.24. The Morgan fingerprint density at radius 3 is 2.23 bits per heavy atom. The molecule has 7 heteroatoms. The first kappa shape index (κ1) is 24.7. The zero-order valence-corrected chi connectivity index (χ0v) is 21.3. The maximum absolute atomic E-state index is 14.0. The number of ether oxygens (including phenoxy) is 1. The highest BCUT2D eigenvalue weighted by Crippen LogP contribution is 2.28. The summed E-state index contributed by atoms with van der Waals surface area (Å²) >= 11 is 0. The molecular formula is C28H30N2O4S. The summed E-state index contributed by atoms with van der Waals surface area (Å²) in [6.45, 7) is 8.09. The number of H-pyrrole nitrogens is 1. The van der Waals surface area contributed by atoms with E-state index in [1.165, 1.54) is 4.31 Å². The number of sulfonamides is 1. The molecule has 0 bridgehead atoms. The number of fused-ring (bicyclic) bond motifs is 1. The first-order valence-electron chi connectivity index (χ1n) is 11.6. The van der Waals surface area contributed by atoms with E-state index in [1.54, 1.807) is 18.2 Å². The fourth-order valence-corrected chi connectivity index (χ4v) is 6.33. The summed E-state index contributed by atoms with van der Waals surface area (Å²) in [4.78, 5) is 16.1. The second-order valence-electron chi connectivity index (χ2n) is 8.79. The molecule has 182 valence electrons. The average molecular weight is 491 g/mol. The van der Waals surface area contributed by atoms with Crippen molar-refractivity contribution in [1.82, 2.24) is 9.29 Å². The molecule has 1 N–H and O–H groups in total. The van der Waals surface area contributed by atoms with Gasteiger partial charge in [0.2, 0.25) is 10.0 Å². The quantitative estimate of drug-likeness (QED) is 0.366. The highest BCUT2D eigenvalue weighted by atomic mass is 32.2. The number of rotatable bonds is 8. The number of hydrogen-bond acceptors (Lipinski definition) is 4. The van der Waals surface area contributed by atoms with Gasteiger partial charge in [0, 0.05) is 29.6 Å². The minimum atomic E-state index is -3.91. The smallest absolute Gasteiger partial charge is 0.252 e. The van der Waals surface area contributed by atoms with E-state index in [9.17, 15) is 13.2 Å². The molecule has 0 aliphatic heterocycles. The van der Waals surface area contributed by atoms with Gasteiger partial charge in [-0.2, -0.15) is 4.31 Å². The fourth-order valence-electron chi connectivity index (χ4n) is 4.51. The molecular weight excluding hydrogens is 460 g/mol. The summed E-state index contributed by atoms with van der Waals surface area (Å²) in [7, 11) is -3.91. The molecule has 6 nitrogen and oxygen atoms in total. The van der Waals surface area contributed by atoms with Gasteiger partial charge in [0.25, 0.3) is 5.56 Å². The second-order valence-corrected chi connectivity index (χ2v) is 10.7. The van der Waals surface area contributed by atoms with Gasteiger partial charge in [0.1, 0.15) is 5.75 Å². The van der Waals surface area contributed by atoms with Crippen LogP contribution in [-0.2, 0) is 23.1 Å². The Balaban J connectivity index is 1.81. The molecule has 0 atom stereocenters. The van der Waals surface area contributed by atoms with Crippen LogP contribution < -0.4 is 10.3 Å². The van der Waals surface area contributed by atoms with Crippen LogP contribution in [0.4, 0.5) is 0 Å². The molecule has 0 radical (unpaired) electrons. The Morgan fingerprint density at radius 2 is 1.57 bits per heavy atom. The zero-order chi connectivity index (χ0) is 25.2. The first-order chi connectivity index (χ1) is 16.7. The van der Waals surface area contributed by atoms with E-state index in [-0.39, 0.29) is 23.5 Å². The molecule has 0 fully saturated rings. The van der Waals surface area contributed by atoms with Crippen molar-refractivity contribution in [2.75, 3.05) is 6.61 Å². The van der Waals surface area contributed by atoms with Crippen molar-refractivity contribution < 1.29 is 13.2 Å². The lowest BCUT2D eigenvalue weighted by atomic mass is 10.1. The SMILES string of the molecule is CCOc1ccc2[nH]c(=O)c(CN(Cc3ccccc3)S(=O)(=O)c3c(C)cc(C)cc3C)cc2c1. The maximum atomic E-state index is 14.0. The molecule has 0 saturated heterocycles. The Hall–Kier alpha value is -3.42. The van der Waals surface area contributed by atoms with Crippen LogP contribution in [0, 0.1) is 20.8 Å². The minimum absolute atomic E-state index is 0.0614. The monoisotopic (exact) mass is 490 g/mol. The Labute approximate surface area is 206 Å². The first-order valence-corrected chi connectivity index (χ1v) is 13.0. The van der Waals surface area contributed by atoms with Crippen LogP contribution in [0.3, 0.4) is 0 Å². The van der Waals surface area contributed by atoms with Gasteiger partial charge in [-0.25, -0.2) is 8.42 Å². The standard InChI is InChI=1S/C28H30N2O4S/c1-5-34-25-11-12-26-23(16-25)15-24(28(31)29-26)18-30(17-22-9-7-6-8-10-22)35(32,33)27-20(3)13-19(2)14-21(27)4/h6-16H,5,17-18H2,1-4H3,(H,29,31). The van der Waals surface area contributed by atoms with E-state index in [0.29, 0.717) is 34.6 Å². The number of nitrogens with one attached hydrogen (secondary N) is 1. The van der Waals surface area contributed by atoms with Crippen molar-refractivity contribution in [2.24, 2.45) is 0 Å². The van der Waals surface area contributed by atoms with Crippen molar-refractivity contribution in [3.8, 4) is 5.75 Å². The number of aryl methyl sites for hydroxylation is 3. The molecule has 0 saturated carbocycles. The van der Waals surface area contributed by atoms with Crippen LogP contribution in [-0.4, -0.2) is 24.3 Å². The maximum Gasteiger partial charge on any atom is 0.252 e. The van der Waals surface area contributed by atoms with Gasteiger partial charge in [0.05, 0.1) is 11.5 Å². The summed E-state index contributed by atoms with van der Waals surface area (Å²) in [6.07, 6.45) is 0. The number of pyridine rings is 1. The van der Waals surface area contributed by atoms with Crippen molar-refractivity contribution in [1.29, 1.82) is 0 Å². The highest BCUT2D eigenvalue weighted by molar-refractivity contribution is 7.89. The Morgan fingerprint density at radius 1 is 0.886 bits per heavy atom. The van der Waals surface area contributed by atoms with E-state index in [2.05, 4.69) is 4.98 Å². The van der Waals surface area contributed by atoms with Gasteiger partial charge in [-0.05, 0) is 68.7 Å². The van der Waals surface area contributed by atoms with Crippen LogP contribution in [0.25, 0.3) is 10.9 Å². The van der Waals surface area contributed by atoms with E-state index < -0.39 is 10.0 Å². The third-order valence-corrected chi connectivity index (χ3v) is 8.05. The molecule has 0 amide bonds. The van der Waals surface area contributed by atoms with Crippen LogP contribution in [0.5, 0.6) is 5.75 Å². The molecule has 0 unspecified atom stereocenters. The molecule has 1 aromatic heterocycles. The molecule has 4 rings (SSSR count). The number of nitrogens with zero attached hydrogens (tertiary/aromatic N) is 1. The summed E-state index contributed by atoms with van der Waals surface area (Å²) in [5.41, 5.74) is 3.95. The van der Waals surface area contributed by atoms with Gasteiger partial charge in [-0.3, -0.25) is 4.79 Å². The van der Waals surface area contributed by atoms with E-state index in [0.717, 1.165) is 16.5 Å². The summed E-state index contributed by atoms with van der Waals surface area (Å²) < 4.78 is 35.0. The van der Waals surface area contributed by atoms with Gasteiger partial charge in [-0.15, -0.1) is 0 Å². The van der Waals surface area contributed by atoms with Gasteiger partial charge < -0.3 is 9.72 Å². The molecule has 1 heterocycles. The van der Waals surface area contributed by atoms with Gasteiger partial charge in [-0.1, -0.05) is 48.0 Å². The van der Waals surface area contributed by atoms with E-state index in [1.807, 2.05) is 76.2 Å². The molecule has 3 aromatic carbocycles. The van der Waals surface area contributed by atoms with E-state index >= 15 is 0 Å². The number of benzene rings is 3. The second kappa shape index (κ2) is 10.1. The molecule has 0 aliphatic carbocycles. The third kappa shape index (κ3) is 5.31. The predicted molar refractivity (Wildman–Crippen MR) is 139 cm³/mol. The summed E-state index contributed by atoms with van der Waals surface area (Å²) in [5, 5.41) is 0.783. The lowest BCUT2D eigenvalue weighted by Gasteiger charge is -2.24. The molecule has 0 aliphatic rings. The lowest BCUT2D eigenvalue weighted by molar-refractivity contribution is 0.340. The lowest BCUT2D eigenvalue weighted by Crippen LogP contribution is -2.33. The highest BCUT2D eigenvalue weighted by Gasteiger charge is 2.29. The number of hydrogen-bond donors (Lipinski definition) is 1. The van der Waals surface area contributed by atoms with Crippen molar-refractivity contribution in [2.45, 2.75) is 45.7 Å². The largest absolute Gasteiger partial charge is 0.494 e. The molecule has 35 heavy (non-hydrogen) atoms. The average Bonchev–Trinajstić information content (AvgIpc) is 2.79. The van der Waals surface area contributed by atoms with Crippen LogP contribution >= 0.6 is 0 Å². The Kier molecular flexibility index (Phi) is 7.10. The fraction of sp³-hybridized carbons (Fsp3) is 0.250. The molecule has 4 aromatic rings. The summed E-state index contributed by atoms with van der Waals surface area (Å²) in [5.74, 6) is 0.692. The Bertz CT molecular complexity index is 1500. The van der Waals surface area contributed by atoms with Crippen molar-refractivity contribution >= 4 is 20.9 Å².